The molecule has 0 aliphatic carbocycles. The summed E-state index contributed by atoms with van der Waals surface area (Å²) < 4.78 is 33.6. The second-order valence-electron chi connectivity index (χ2n) is 8.26. The lowest BCUT2D eigenvalue weighted by molar-refractivity contribution is -0.123. The molecule has 0 spiro atoms. The van der Waals surface area contributed by atoms with Gasteiger partial charge in [0.25, 0.3) is 15.9 Å². The highest BCUT2D eigenvalue weighted by molar-refractivity contribution is 7.92. The summed E-state index contributed by atoms with van der Waals surface area (Å²) in [5.41, 5.74) is 4.37. The van der Waals surface area contributed by atoms with Gasteiger partial charge in [-0.15, -0.1) is 0 Å². The van der Waals surface area contributed by atoms with Gasteiger partial charge in [-0.3, -0.25) is 9.52 Å². The van der Waals surface area contributed by atoms with Gasteiger partial charge in [0.15, 0.2) is 6.10 Å². The van der Waals surface area contributed by atoms with E-state index in [-0.39, 0.29) is 10.5 Å². The number of para-hydroxylation sites is 1. The molecule has 0 saturated heterocycles. The molecule has 1 atom stereocenters. The number of carbonyl (C=O) groups excluding carboxylic acids is 2. The fourth-order valence-corrected chi connectivity index (χ4v) is 4.50. The number of benzene rings is 3. The number of carbonyl (C=O) groups is 2. The van der Waals surface area contributed by atoms with Gasteiger partial charge in [-0.25, -0.2) is 13.2 Å². The topological polar surface area (TPSA) is 102 Å². The standard InChI is InChI=1S/C26H28N2O5S/c1-16-8-6-11-21(14-16)28-34(31,32)22-13-12-17(2)23(15-22)26(30)33-20(5)25(29)27-24-18(3)9-7-10-19(24)4/h6-15,20,28H,1-5H3,(H,27,29). The molecule has 7 nitrogen and oxygen atoms in total. The lowest BCUT2D eigenvalue weighted by Gasteiger charge is -2.17. The van der Waals surface area contributed by atoms with E-state index in [0.717, 1.165) is 16.7 Å². The Hall–Kier alpha value is -3.65. The molecular weight excluding hydrogens is 452 g/mol. The Morgan fingerprint density at radius 1 is 0.853 bits per heavy atom. The van der Waals surface area contributed by atoms with Gasteiger partial charge in [0.1, 0.15) is 0 Å². The van der Waals surface area contributed by atoms with Crippen molar-refractivity contribution in [2.24, 2.45) is 0 Å². The third-order valence-electron chi connectivity index (χ3n) is 5.39. The molecule has 0 bridgehead atoms. The Balaban J connectivity index is 1.77. The van der Waals surface area contributed by atoms with Crippen molar-refractivity contribution in [1.82, 2.24) is 0 Å². The van der Waals surface area contributed by atoms with Crippen LogP contribution in [0.4, 0.5) is 11.4 Å². The van der Waals surface area contributed by atoms with Gasteiger partial charge in [-0.1, -0.05) is 36.4 Å². The molecule has 178 valence electrons. The van der Waals surface area contributed by atoms with Crippen molar-refractivity contribution in [2.45, 2.75) is 45.6 Å². The Bertz CT molecular complexity index is 1330. The molecule has 3 rings (SSSR count). The van der Waals surface area contributed by atoms with Crippen LogP contribution in [0.15, 0.2) is 65.6 Å². The first-order valence-corrected chi connectivity index (χ1v) is 12.2. The van der Waals surface area contributed by atoms with Gasteiger partial charge in [-0.05, 0) is 81.1 Å². The minimum atomic E-state index is -3.93. The predicted molar refractivity (Wildman–Crippen MR) is 133 cm³/mol. The summed E-state index contributed by atoms with van der Waals surface area (Å²) in [5, 5.41) is 2.80. The number of amides is 1. The number of sulfonamides is 1. The van der Waals surface area contributed by atoms with E-state index in [2.05, 4.69) is 10.0 Å². The zero-order valence-corrected chi connectivity index (χ0v) is 20.6. The fraction of sp³-hybridized carbons (Fsp3) is 0.231. The first-order chi connectivity index (χ1) is 16.0. The molecule has 0 heterocycles. The minimum Gasteiger partial charge on any atom is -0.449 e. The quantitative estimate of drug-likeness (QED) is 0.468. The molecule has 0 aliphatic rings. The fourth-order valence-electron chi connectivity index (χ4n) is 3.42. The van der Waals surface area contributed by atoms with Crippen molar-refractivity contribution in [3.63, 3.8) is 0 Å². The number of hydrogen-bond acceptors (Lipinski definition) is 5. The van der Waals surface area contributed by atoms with Crippen molar-refractivity contribution in [2.75, 3.05) is 10.0 Å². The summed E-state index contributed by atoms with van der Waals surface area (Å²) in [7, 11) is -3.93. The van der Waals surface area contributed by atoms with Crippen molar-refractivity contribution >= 4 is 33.3 Å². The molecule has 1 amide bonds. The average molecular weight is 481 g/mol. The van der Waals surface area contributed by atoms with Crippen LogP contribution >= 0.6 is 0 Å². The summed E-state index contributed by atoms with van der Waals surface area (Å²) in [6.45, 7) is 8.74. The van der Waals surface area contributed by atoms with E-state index < -0.39 is 28.0 Å². The van der Waals surface area contributed by atoms with E-state index in [9.17, 15) is 18.0 Å². The van der Waals surface area contributed by atoms with E-state index in [0.29, 0.717) is 16.9 Å². The lowest BCUT2D eigenvalue weighted by atomic mass is 10.1. The maximum atomic E-state index is 12.9. The van der Waals surface area contributed by atoms with Crippen LogP contribution in [0, 0.1) is 27.7 Å². The number of hydrogen-bond donors (Lipinski definition) is 2. The number of nitrogens with one attached hydrogen (secondary N) is 2. The maximum Gasteiger partial charge on any atom is 0.339 e. The van der Waals surface area contributed by atoms with Gasteiger partial charge in [-0.2, -0.15) is 0 Å². The molecule has 0 fully saturated rings. The first-order valence-electron chi connectivity index (χ1n) is 10.8. The van der Waals surface area contributed by atoms with E-state index in [1.165, 1.54) is 25.1 Å². The number of aryl methyl sites for hydroxylation is 4. The maximum absolute atomic E-state index is 12.9. The van der Waals surface area contributed by atoms with Gasteiger partial charge in [0, 0.05) is 11.4 Å². The second-order valence-corrected chi connectivity index (χ2v) is 9.94. The molecule has 8 heteroatoms. The smallest absolute Gasteiger partial charge is 0.339 e. The zero-order chi connectivity index (χ0) is 25.0. The number of anilines is 2. The van der Waals surface area contributed by atoms with E-state index >= 15 is 0 Å². The van der Waals surface area contributed by atoms with Crippen molar-refractivity contribution in [3.8, 4) is 0 Å². The van der Waals surface area contributed by atoms with Crippen LogP contribution in [0.5, 0.6) is 0 Å². The molecule has 0 radical (unpaired) electrons. The number of esters is 1. The van der Waals surface area contributed by atoms with Crippen molar-refractivity contribution in [1.29, 1.82) is 0 Å². The van der Waals surface area contributed by atoms with Gasteiger partial charge >= 0.3 is 5.97 Å². The molecule has 3 aromatic carbocycles. The van der Waals surface area contributed by atoms with E-state index in [1.54, 1.807) is 25.1 Å². The van der Waals surface area contributed by atoms with Crippen LogP contribution in [-0.4, -0.2) is 26.4 Å². The molecular formula is C26H28N2O5S. The van der Waals surface area contributed by atoms with Gasteiger partial charge in [0.2, 0.25) is 0 Å². The van der Waals surface area contributed by atoms with E-state index in [1.807, 2.05) is 45.0 Å². The number of ether oxygens (including phenoxy) is 1. The van der Waals surface area contributed by atoms with Crippen LogP contribution in [-0.2, 0) is 19.6 Å². The van der Waals surface area contributed by atoms with Crippen LogP contribution in [0.1, 0.15) is 39.5 Å². The monoisotopic (exact) mass is 480 g/mol. The van der Waals surface area contributed by atoms with Crippen LogP contribution in [0.3, 0.4) is 0 Å². The Labute approximate surface area is 200 Å². The molecule has 34 heavy (non-hydrogen) atoms. The third kappa shape index (κ3) is 5.82. The predicted octanol–water partition coefficient (Wildman–Crippen LogP) is 4.91. The van der Waals surface area contributed by atoms with Crippen LogP contribution in [0.2, 0.25) is 0 Å². The lowest BCUT2D eigenvalue weighted by Crippen LogP contribution is -2.30. The highest BCUT2D eigenvalue weighted by Gasteiger charge is 2.23. The largest absolute Gasteiger partial charge is 0.449 e. The molecule has 1 unspecified atom stereocenters. The third-order valence-corrected chi connectivity index (χ3v) is 6.77. The number of rotatable bonds is 7. The summed E-state index contributed by atoms with van der Waals surface area (Å²) in [4.78, 5) is 25.4. The van der Waals surface area contributed by atoms with Crippen molar-refractivity contribution in [3.05, 3.63) is 88.5 Å². The van der Waals surface area contributed by atoms with Gasteiger partial charge < -0.3 is 10.1 Å². The Morgan fingerprint density at radius 2 is 1.50 bits per heavy atom. The molecule has 3 aromatic rings. The first kappa shape index (κ1) is 25.0. The van der Waals surface area contributed by atoms with Gasteiger partial charge in [0.05, 0.1) is 10.5 Å². The van der Waals surface area contributed by atoms with Crippen LogP contribution < -0.4 is 10.0 Å². The van der Waals surface area contributed by atoms with Crippen molar-refractivity contribution < 1.29 is 22.7 Å². The molecule has 0 saturated carbocycles. The highest BCUT2D eigenvalue weighted by Crippen LogP contribution is 2.22. The summed E-state index contributed by atoms with van der Waals surface area (Å²) in [5.74, 6) is -1.26. The summed E-state index contributed by atoms with van der Waals surface area (Å²) in [6, 6.07) is 16.8. The van der Waals surface area contributed by atoms with E-state index in [4.69, 9.17) is 4.74 Å². The SMILES string of the molecule is Cc1cccc(NS(=O)(=O)c2ccc(C)c(C(=O)OC(C)C(=O)Nc3c(C)cccc3C)c2)c1. The summed E-state index contributed by atoms with van der Waals surface area (Å²) >= 11 is 0. The average Bonchev–Trinajstić information content (AvgIpc) is 2.76. The summed E-state index contributed by atoms with van der Waals surface area (Å²) in [6.07, 6.45) is -1.09. The highest BCUT2D eigenvalue weighted by atomic mass is 32.2. The molecule has 0 aromatic heterocycles. The second kappa shape index (κ2) is 10.1. The zero-order valence-electron chi connectivity index (χ0n) is 19.8. The Morgan fingerprint density at radius 3 is 2.15 bits per heavy atom. The Kier molecular flexibility index (Phi) is 7.41. The molecule has 0 aliphatic heterocycles. The van der Waals surface area contributed by atoms with Crippen LogP contribution in [0.25, 0.3) is 0 Å². The minimum absolute atomic E-state index is 0.0684. The normalized spacial score (nSPS) is 12.0. The molecule has 2 N–H and O–H groups in total.